The zero-order valence-corrected chi connectivity index (χ0v) is 9.50. The molecule has 0 aromatic heterocycles. The van der Waals surface area contributed by atoms with Crippen LogP contribution in [0.1, 0.15) is 5.56 Å². The molecule has 0 fully saturated rings. The van der Waals surface area contributed by atoms with E-state index in [0.717, 1.165) is 14.5 Å². The maximum absolute atomic E-state index is 5.78. The largest absolute Gasteiger partial charge is 0.326 e. The number of hydrogen-bond donors (Lipinski definition) is 1. The summed E-state index contributed by atoms with van der Waals surface area (Å²) in [5.41, 5.74) is 6.53. The van der Waals surface area contributed by atoms with Crippen molar-refractivity contribution in [3.05, 3.63) is 31.7 Å². The minimum Gasteiger partial charge on any atom is -0.326 e. The van der Waals surface area contributed by atoms with Gasteiger partial charge < -0.3 is 5.73 Å². The van der Waals surface area contributed by atoms with Gasteiger partial charge in [-0.1, -0.05) is 43.5 Å². The van der Waals surface area contributed by atoms with Crippen molar-refractivity contribution >= 4 is 43.5 Å². The number of benzene rings is 1. The summed E-state index contributed by atoms with van der Waals surface area (Å²) in [4.78, 5) is 0. The Bertz CT molecular complexity index is 252. The Balaban J connectivity index is 3.25. The molecule has 0 aliphatic heterocycles. The Hall–Kier alpha value is 0.430. The van der Waals surface area contributed by atoms with E-state index in [4.69, 9.17) is 17.3 Å². The minimum atomic E-state index is 0.498. The van der Waals surface area contributed by atoms with E-state index in [9.17, 15) is 0 Å². The highest BCUT2D eigenvalue weighted by molar-refractivity contribution is 9.11. The van der Waals surface area contributed by atoms with Crippen LogP contribution >= 0.6 is 43.5 Å². The molecule has 0 amide bonds. The van der Waals surface area contributed by atoms with Gasteiger partial charge in [-0.25, -0.2) is 0 Å². The van der Waals surface area contributed by atoms with Gasteiger partial charge in [0.2, 0.25) is 0 Å². The van der Waals surface area contributed by atoms with Crippen LogP contribution in [0.15, 0.2) is 21.1 Å². The zero-order chi connectivity index (χ0) is 8.43. The van der Waals surface area contributed by atoms with Gasteiger partial charge >= 0.3 is 0 Å². The van der Waals surface area contributed by atoms with E-state index in [1.807, 2.05) is 12.1 Å². The Morgan fingerprint density at radius 1 is 1.27 bits per heavy atom. The lowest BCUT2D eigenvalue weighted by Crippen LogP contribution is -1.98. The molecule has 0 saturated carbocycles. The smallest absolute Gasteiger partial charge is 0.0428 e. The second-order valence-corrected chi connectivity index (χ2v) is 4.20. The maximum Gasteiger partial charge on any atom is 0.0428 e. The second kappa shape index (κ2) is 3.90. The van der Waals surface area contributed by atoms with Crippen molar-refractivity contribution in [1.82, 2.24) is 0 Å². The zero-order valence-electron chi connectivity index (χ0n) is 5.57. The first kappa shape index (κ1) is 9.52. The van der Waals surface area contributed by atoms with Gasteiger partial charge in [-0.2, -0.15) is 0 Å². The average Bonchev–Trinajstić information content (AvgIpc) is 1.85. The number of hydrogen-bond acceptors (Lipinski definition) is 1. The van der Waals surface area contributed by atoms with E-state index < -0.39 is 0 Å². The third kappa shape index (κ3) is 2.18. The summed E-state index contributed by atoms with van der Waals surface area (Å²) in [6.07, 6.45) is 0. The van der Waals surface area contributed by atoms with Gasteiger partial charge in [0, 0.05) is 20.5 Å². The number of halogens is 3. The van der Waals surface area contributed by atoms with Crippen molar-refractivity contribution in [2.24, 2.45) is 5.73 Å². The molecule has 0 heterocycles. The second-order valence-electron chi connectivity index (χ2n) is 2.05. The molecule has 1 aromatic rings. The third-order valence-corrected chi connectivity index (χ3v) is 2.94. The summed E-state index contributed by atoms with van der Waals surface area (Å²) in [7, 11) is 0. The molecule has 2 N–H and O–H groups in total. The van der Waals surface area contributed by atoms with Crippen LogP contribution in [0, 0.1) is 0 Å². The van der Waals surface area contributed by atoms with E-state index in [-0.39, 0.29) is 0 Å². The molecule has 1 nitrogen and oxygen atoms in total. The standard InChI is InChI=1S/C7H6Br2ClN/c8-6-1-4(10)2-7(9)5(6)3-11/h1-2H,3,11H2. The fourth-order valence-corrected chi connectivity index (χ4v) is 2.76. The minimum absolute atomic E-state index is 0.498. The molecule has 0 saturated heterocycles. The first-order chi connectivity index (χ1) is 5.15. The summed E-state index contributed by atoms with van der Waals surface area (Å²) < 4.78 is 1.89. The third-order valence-electron chi connectivity index (χ3n) is 1.31. The molecular formula is C7H6Br2ClN. The van der Waals surface area contributed by atoms with Crippen molar-refractivity contribution in [2.75, 3.05) is 0 Å². The maximum atomic E-state index is 5.78. The monoisotopic (exact) mass is 297 g/mol. The SMILES string of the molecule is NCc1c(Br)cc(Cl)cc1Br. The molecule has 0 aliphatic rings. The lowest BCUT2D eigenvalue weighted by molar-refractivity contribution is 1.05. The lowest BCUT2D eigenvalue weighted by Gasteiger charge is -2.04. The molecular weight excluding hydrogens is 293 g/mol. The van der Waals surface area contributed by atoms with Gasteiger partial charge in [0.05, 0.1) is 0 Å². The normalized spacial score (nSPS) is 10.2. The molecule has 60 valence electrons. The van der Waals surface area contributed by atoms with E-state index in [1.54, 1.807) is 0 Å². The van der Waals surface area contributed by atoms with Crippen LogP contribution in [0.2, 0.25) is 5.02 Å². The predicted octanol–water partition coefficient (Wildman–Crippen LogP) is 3.32. The van der Waals surface area contributed by atoms with Gasteiger partial charge in [-0.05, 0) is 17.7 Å². The molecule has 0 unspecified atom stereocenters. The molecule has 0 atom stereocenters. The van der Waals surface area contributed by atoms with Crippen molar-refractivity contribution in [3.8, 4) is 0 Å². The van der Waals surface area contributed by atoms with Crippen LogP contribution in [0.25, 0.3) is 0 Å². The van der Waals surface area contributed by atoms with Crippen LogP contribution in [0.5, 0.6) is 0 Å². The quantitative estimate of drug-likeness (QED) is 0.846. The van der Waals surface area contributed by atoms with E-state index in [1.165, 1.54) is 0 Å². The Kier molecular flexibility index (Phi) is 3.37. The fourth-order valence-electron chi connectivity index (χ4n) is 0.767. The van der Waals surface area contributed by atoms with Crippen LogP contribution in [-0.4, -0.2) is 0 Å². The van der Waals surface area contributed by atoms with Crippen molar-refractivity contribution in [3.63, 3.8) is 0 Å². The molecule has 0 aliphatic carbocycles. The Morgan fingerprint density at radius 2 is 1.73 bits per heavy atom. The van der Waals surface area contributed by atoms with E-state index in [0.29, 0.717) is 11.6 Å². The highest BCUT2D eigenvalue weighted by Gasteiger charge is 2.03. The molecule has 1 aromatic carbocycles. The van der Waals surface area contributed by atoms with E-state index >= 15 is 0 Å². The Morgan fingerprint density at radius 3 is 2.09 bits per heavy atom. The molecule has 4 heteroatoms. The summed E-state index contributed by atoms with van der Waals surface area (Å²) >= 11 is 12.5. The van der Waals surface area contributed by atoms with Gasteiger partial charge in [-0.3, -0.25) is 0 Å². The van der Waals surface area contributed by atoms with Crippen molar-refractivity contribution < 1.29 is 0 Å². The van der Waals surface area contributed by atoms with Crippen molar-refractivity contribution in [2.45, 2.75) is 6.54 Å². The molecule has 0 bridgehead atoms. The first-order valence-electron chi connectivity index (χ1n) is 2.98. The van der Waals surface area contributed by atoms with Gasteiger partial charge in [0.1, 0.15) is 0 Å². The summed E-state index contributed by atoms with van der Waals surface area (Å²) in [6, 6.07) is 3.66. The first-order valence-corrected chi connectivity index (χ1v) is 4.95. The van der Waals surface area contributed by atoms with Crippen LogP contribution in [0.4, 0.5) is 0 Å². The predicted molar refractivity (Wildman–Crippen MR) is 54.7 cm³/mol. The van der Waals surface area contributed by atoms with E-state index in [2.05, 4.69) is 31.9 Å². The van der Waals surface area contributed by atoms with Crippen LogP contribution < -0.4 is 5.73 Å². The highest BCUT2D eigenvalue weighted by Crippen LogP contribution is 2.28. The van der Waals surface area contributed by atoms with Gasteiger partial charge in [0.25, 0.3) is 0 Å². The topological polar surface area (TPSA) is 26.0 Å². The molecule has 0 spiro atoms. The van der Waals surface area contributed by atoms with Crippen LogP contribution in [0.3, 0.4) is 0 Å². The number of nitrogens with two attached hydrogens (primary N) is 1. The van der Waals surface area contributed by atoms with Gasteiger partial charge in [0.15, 0.2) is 0 Å². The summed E-state index contributed by atoms with van der Waals surface area (Å²) in [6.45, 7) is 0.498. The Labute approximate surface area is 87.2 Å². The molecule has 11 heavy (non-hydrogen) atoms. The number of rotatable bonds is 1. The van der Waals surface area contributed by atoms with Crippen molar-refractivity contribution in [1.29, 1.82) is 0 Å². The molecule has 0 radical (unpaired) electrons. The lowest BCUT2D eigenvalue weighted by atomic mass is 10.2. The van der Waals surface area contributed by atoms with Crippen LogP contribution in [-0.2, 0) is 6.54 Å². The summed E-state index contributed by atoms with van der Waals surface area (Å²) in [5, 5.41) is 0.695. The average molecular weight is 299 g/mol. The highest BCUT2D eigenvalue weighted by atomic mass is 79.9. The molecule has 1 rings (SSSR count). The van der Waals surface area contributed by atoms with Gasteiger partial charge in [-0.15, -0.1) is 0 Å². The fraction of sp³-hybridized carbons (Fsp3) is 0.143. The summed E-state index contributed by atoms with van der Waals surface area (Å²) in [5.74, 6) is 0.